The lowest BCUT2D eigenvalue weighted by Gasteiger charge is -2.05. The van der Waals surface area contributed by atoms with Crippen LogP contribution in [-0.4, -0.2) is 20.5 Å². The highest BCUT2D eigenvalue weighted by molar-refractivity contribution is 7.19. The van der Waals surface area contributed by atoms with Gasteiger partial charge in [-0.25, -0.2) is 4.98 Å². The van der Waals surface area contributed by atoms with E-state index in [0.29, 0.717) is 16.2 Å². The number of amides is 1. The molecule has 140 valence electrons. The summed E-state index contributed by atoms with van der Waals surface area (Å²) in [5, 5.41) is 7.92. The quantitative estimate of drug-likeness (QED) is 0.580. The average Bonchev–Trinajstić information content (AvgIpc) is 3.11. The van der Waals surface area contributed by atoms with E-state index in [1.165, 1.54) is 21.9 Å². The topological polar surface area (TPSA) is 76.4 Å². The van der Waals surface area contributed by atoms with Crippen molar-refractivity contribution in [1.29, 1.82) is 0 Å². The molecule has 1 amide bonds. The first-order valence-electron chi connectivity index (χ1n) is 8.81. The van der Waals surface area contributed by atoms with Gasteiger partial charge in [-0.2, -0.15) is 9.61 Å². The van der Waals surface area contributed by atoms with Gasteiger partial charge in [0.1, 0.15) is 5.01 Å². The molecule has 28 heavy (non-hydrogen) atoms. The van der Waals surface area contributed by atoms with Crippen molar-refractivity contribution >= 4 is 22.2 Å². The number of rotatable bonds is 4. The molecule has 0 saturated heterocycles. The predicted octanol–water partition coefficient (Wildman–Crippen LogP) is 3.36. The normalized spacial score (nSPS) is 10.9. The van der Waals surface area contributed by atoms with Crippen molar-refractivity contribution in [3.05, 3.63) is 87.3 Å². The first-order valence-corrected chi connectivity index (χ1v) is 9.63. The summed E-state index contributed by atoms with van der Waals surface area (Å²) in [4.78, 5) is 29.7. The van der Waals surface area contributed by atoms with E-state index >= 15 is 0 Å². The minimum Gasteiger partial charge on any atom is -0.346 e. The maximum absolute atomic E-state index is 12.4. The highest BCUT2D eigenvalue weighted by Crippen LogP contribution is 2.24. The van der Waals surface area contributed by atoms with E-state index < -0.39 is 0 Å². The number of carbonyl (C=O) groups is 1. The fourth-order valence-electron chi connectivity index (χ4n) is 2.82. The van der Waals surface area contributed by atoms with Crippen LogP contribution in [0.4, 0.5) is 0 Å². The molecule has 0 aliphatic carbocycles. The summed E-state index contributed by atoms with van der Waals surface area (Å²) in [5.74, 6) is -0.199. The number of hydrogen-bond acceptors (Lipinski definition) is 5. The second-order valence-electron chi connectivity index (χ2n) is 6.61. The van der Waals surface area contributed by atoms with Gasteiger partial charge in [0.05, 0.1) is 12.2 Å². The second-order valence-corrected chi connectivity index (χ2v) is 7.56. The molecule has 0 atom stereocenters. The molecule has 6 nitrogen and oxygen atoms in total. The van der Waals surface area contributed by atoms with E-state index in [2.05, 4.69) is 15.4 Å². The van der Waals surface area contributed by atoms with Crippen LogP contribution in [-0.2, 0) is 6.54 Å². The van der Waals surface area contributed by atoms with Gasteiger partial charge in [-0.05, 0) is 26.0 Å². The first-order chi connectivity index (χ1) is 13.5. The monoisotopic (exact) mass is 390 g/mol. The largest absolute Gasteiger partial charge is 0.346 e. The van der Waals surface area contributed by atoms with Crippen molar-refractivity contribution in [2.24, 2.45) is 0 Å². The molecule has 0 saturated carbocycles. The van der Waals surface area contributed by atoms with Gasteiger partial charge in [-0.1, -0.05) is 58.9 Å². The Bertz CT molecular complexity index is 1230. The molecule has 2 aromatic carbocycles. The fourth-order valence-corrected chi connectivity index (χ4v) is 3.75. The van der Waals surface area contributed by atoms with Crippen LogP contribution in [0.15, 0.2) is 59.4 Å². The zero-order valence-corrected chi connectivity index (χ0v) is 16.3. The van der Waals surface area contributed by atoms with E-state index in [1.807, 2.05) is 56.3 Å². The molecule has 0 fully saturated rings. The van der Waals surface area contributed by atoms with E-state index in [-0.39, 0.29) is 18.0 Å². The lowest BCUT2D eigenvalue weighted by Crippen LogP contribution is -2.25. The van der Waals surface area contributed by atoms with E-state index in [9.17, 15) is 9.59 Å². The van der Waals surface area contributed by atoms with Crippen molar-refractivity contribution < 1.29 is 4.79 Å². The van der Waals surface area contributed by atoms with Crippen LogP contribution in [0.25, 0.3) is 15.5 Å². The Kier molecular flexibility index (Phi) is 4.75. The summed E-state index contributed by atoms with van der Waals surface area (Å²) in [6.45, 7) is 4.13. The summed E-state index contributed by atoms with van der Waals surface area (Å²) < 4.78 is 1.30. The summed E-state index contributed by atoms with van der Waals surface area (Å²) in [6.07, 6.45) is 0. The Hall–Kier alpha value is -3.32. The van der Waals surface area contributed by atoms with Crippen LogP contribution in [0.2, 0.25) is 0 Å². The number of aromatic nitrogens is 3. The van der Waals surface area contributed by atoms with Gasteiger partial charge in [-0.15, -0.1) is 0 Å². The molecule has 0 unspecified atom stereocenters. The number of aryl methyl sites for hydroxylation is 2. The van der Waals surface area contributed by atoms with Crippen LogP contribution in [0.5, 0.6) is 0 Å². The van der Waals surface area contributed by atoms with Gasteiger partial charge in [0.15, 0.2) is 0 Å². The van der Waals surface area contributed by atoms with Gasteiger partial charge in [0.2, 0.25) is 4.96 Å². The lowest BCUT2D eigenvalue weighted by atomic mass is 10.1. The molecule has 7 heteroatoms. The Labute approximate surface area is 165 Å². The molecular formula is C21H18N4O2S. The maximum Gasteiger partial charge on any atom is 0.275 e. The molecule has 1 N–H and O–H groups in total. The van der Waals surface area contributed by atoms with Crippen molar-refractivity contribution in [2.75, 3.05) is 0 Å². The van der Waals surface area contributed by atoms with Gasteiger partial charge in [0, 0.05) is 17.2 Å². The number of benzene rings is 2. The van der Waals surface area contributed by atoms with E-state index in [4.69, 9.17) is 0 Å². The molecule has 4 rings (SSSR count). The molecule has 0 bridgehead atoms. The van der Waals surface area contributed by atoms with Crippen LogP contribution in [0.1, 0.15) is 27.2 Å². The highest BCUT2D eigenvalue weighted by atomic mass is 32.1. The van der Waals surface area contributed by atoms with Crippen molar-refractivity contribution in [3.8, 4) is 10.6 Å². The molecule has 0 spiro atoms. The fraction of sp³-hybridized carbons (Fsp3) is 0.143. The number of hydrogen-bond donors (Lipinski definition) is 1. The summed E-state index contributed by atoms with van der Waals surface area (Å²) in [6, 6.07) is 16.7. The highest BCUT2D eigenvalue weighted by Gasteiger charge is 2.12. The molecule has 2 heterocycles. The number of carbonyl (C=O) groups excluding carboxylic acids is 1. The van der Waals surface area contributed by atoms with Crippen molar-refractivity contribution in [1.82, 2.24) is 19.9 Å². The van der Waals surface area contributed by atoms with Gasteiger partial charge < -0.3 is 5.32 Å². The molecule has 2 aromatic heterocycles. The van der Waals surface area contributed by atoms with Crippen LogP contribution < -0.4 is 10.9 Å². The third kappa shape index (κ3) is 3.70. The molecule has 0 aliphatic rings. The minimum absolute atomic E-state index is 0.177. The summed E-state index contributed by atoms with van der Waals surface area (Å²) in [5.41, 5.74) is 3.93. The lowest BCUT2D eigenvalue weighted by molar-refractivity contribution is 0.0950. The molecule has 0 aliphatic heterocycles. The summed E-state index contributed by atoms with van der Waals surface area (Å²) >= 11 is 1.35. The SMILES string of the molecule is Cc1ccc(-c2nn3c(=O)cc(CNC(=O)c4cccc(C)c4)nc3s2)cc1. The Morgan fingerprint density at radius 2 is 1.86 bits per heavy atom. The zero-order valence-electron chi connectivity index (χ0n) is 15.5. The predicted molar refractivity (Wildman–Crippen MR) is 110 cm³/mol. The van der Waals surface area contributed by atoms with Crippen molar-refractivity contribution in [2.45, 2.75) is 20.4 Å². The van der Waals surface area contributed by atoms with Crippen LogP contribution in [0.3, 0.4) is 0 Å². The average molecular weight is 390 g/mol. The van der Waals surface area contributed by atoms with Gasteiger partial charge in [0.25, 0.3) is 11.5 Å². The minimum atomic E-state index is -0.264. The Balaban J connectivity index is 1.58. The van der Waals surface area contributed by atoms with E-state index in [1.54, 1.807) is 6.07 Å². The number of fused-ring (bicyclic) bond motifs is 1. The first kappa shape index (κ1) is 18.1. The number of nitrogens with one attached hydrogen (secondary N) is 1. The molecule has 4 aromatic rings. The van der Waals surface area contributed by atoms with Gasteiger partial charge >= 0.3 is 0 Å². The zero-order chi connectivity index (χ0) is 19.7. The summed E-state index contributed by atoms with van der Waals surface area (Å²) in [7, 11) is 0. The number of nitrogens with zero attached hydrogens (tertiary/aromatic N) is 3. The van der Waals surface area contributed by atoms with Crippen LogP contribution >= 0.6 is 11.3 Å². The van der Waals surface area contributed by atoms with Crippen LogP contribution in [0, 0.1) is 13.8 Å². The Morgan fingerprint density at radius 1 is 1.07 bits per heavy atom. The molecular weight excluding hydrogens is 372 g/mol. The third-order valence-electron chi connectivity index (χ3n) is 4.31. The molecule has 0 radical (unpaired) electrons. The van der Waals surface area contributed by atoms with E-state index in [0.717, 1.165) is 21.7 Å². The maximum atomic E-state index is 12.4. The second kappa shape index (κ2) is 7.36. The third-order valence-corrected chi connectivity index (χ3v) is 5.26. The van der Waals surface area contributed by atoms with Crippen molar-refractivity contribution in [3.63, 3.8) is 0 Å². The Morgan fingerprint density at radius 3 is 2.61 bits per heavy atom. The van der Waals surface area contributed by atoms with Gasteiger partial charge in [-0.3, -0.25) is 9.59 Å². The smallest absolute Gasteiger partial charge is 0.275 e. The standard InChI is InChI=1S/C21H18N4O2S/c1-13-6-8-15(9-7-13)20-24-25-18(26)11-17(23-21(25)28-20)12-22-19(27)16-5-3-4-14(2)10-16/h3-11H,12H2,1-2H3,(H,22,27).